The van der Waals surface area contributed by atoms with Gasteiger partial charge in [0.1, 0.15) is 0 Å². The van der Waals surface area contributed by atoms with Crippen LogP contribution in [0.25, 0.3) is 54.6 Å². The molecule has 0 aliphatic carbocycles. The first-order chi connectivity index (χ1) is 41.7. The SMILES string of the molecule is CC(C)c1cc(C(C)C)c(B2c3ccccc3N(c3ccccc3)c3c2c(-c2ccccc2)c2ccc4c5c(c(-c6ccccc6)c6ccc3c2c64)B(c2c(C(C)C)cc(C(C)C)cc2C(C)C)c2ccccc2N5c2ccccc2)c(C(C)C)c1. The highest BCUT2D eigenvalue weighted by Gasteiger charge is 2.45. The Kier molecular flexibility index (Phi) is 14.0. The molecule has 2 aliphatic heterocycles. The fourth-order valence-electron chi connectivity index (χ4n) is 15.4. The molecule has 0 amide bonds. The molecule has 0 aromatic heterocycles. The molecule has 2 heterocycles. The van der Waals surface area contributed by atoms with Gasteiger partial charge in [-0.3, -0.25) is 0 Å². The first kappa shape index (κ1) is 55.3. The molecule has 0 bridgehead atoms. The second-order valence-corrected chi connectivity index (χ2v) is 26.6. The van der Waals surface area contributed by atoms with E-state index in [0.717, 1.165) is 11.4 Å². The molecular weight excluding hydrogens is 1030 g/mol. The van der Waals surface area contributed by atoms with E-state index >= 15 is 0 Å². The molecule has 0 atom stereocenters. The Balaban J connectivity index is 1.23. The minimum atomic E-state index is -0.0832. The van der Waals surface area contributed by atoms with E-state index < -0.39 is 0 Å². The zero-order valence-electron chi connectivity index (χ0n) is 52.3. The largest absolute Gasteiger partial charge is 0.311 e. The lowest BCUT2D eigenvalue weighted by Crippen LogP contribution is -2.60. The zero-order chi connectivity index (χ0) is 59.4. The van der Waals surface area contributed by atoms with Crippen LogP contribution in [0.3, 0.4) is 0 Å². The van der Waals surface area contributed by atoms with Crippen molar-refractivity contribution >= 4 is 113 Å². The number of anilines is 6. The second-order valence-electron chi connectivity index (χ2n) is 26.6. The summed E-state index contributed by atoms with van der Waals surface area (Å²) in [4.78, 5) is 5.29. The quantitative estimate of drug-likeness (QED) is 0.0889. The van der Waals surface area contributed by atoms with Gasteiger partial charge in [0.15, 0.2) is 0 Å². The second kappa shape index (κ2) is 21.7. The summed E-state index contributed by atoms with van der Waals surface area (Å²) in [5.74, 6) is 1.96. The van der Waals surface area contributed by atoms with Crippen molar-refractivity contribution in [3.8, 4) is 22.3 Å². The number of nitrogens with zero attached hydrogens (tertiary/aromatic N) is 2. The Morgan fingerprint density at radius 2 is 0.570 bits per heavy atom. The minimum absolute atomic E-state index is 0.0832. The van der Waals surface area contributed by atoms with E-state index in [4.69, 9.17) is 0 Å². The Hall–Kier alpha value is -8.59. The monoisotopic (exact) mass is 1110 g/mol. The predicted molar refractivity (Wildman–Crippen MR) is 377 cm³/mol. The highest BCUT2D eigenvalue weighted by atomic mass is 15.2. The van der Waals surface area contributed by atoms with Crippen molar-refractivity contribution in [1.82, 2.24) is 0 Å². The number of fused-ring (bicyclic) bond motifs is 6. The lowest BCUT2D eigenvalue weighted by Gasteiger charge is -2.42. The van der Waals surface area contributed by atoms with Crippen LogP contribution < -0.4 is 42.6 Å². The Labute approximate surface area is 512 Å². The van der Waals surface area contributed by atoms with E-state index in [1.807, 2.05) is 0 Å². The molecule has 86 heavy (non-hydrogen) atoms. The van der Waals surface area contributed by atoms with Gasteiger partial charge in [-0.2, -0.15) is 0 Å². The molecule has 4 heteroatoms. The molecule has 0 radical (unpaired) electrons. The van der Waals surface area contributed by atoms with E-state index in [0.29, 0.717) is 35.5 Å². The maximum Gasteiger partial charge on any atom is 0.248 e. The smallest absolute Gasteiger partial charge is 0.248 e. The van der Waals surface area contributed by atoms with E-state index in [9.17, 15) is 0 Å². The topological polar surface area (TPSA) is 6.48 Å². The van der Waals surface area contributed by atoms with Gasteiger partial charge in [0.05, 0.1) is 0 Å². The summed E-state index contributed by atoms with van der Waals surface area (Å²) in [6.45, 7) is 28.6. The van der Waals surface area contributed by atoms with Crippen LogP contribution in [-0.2, 0) is 0 Å². The lowest BCUT2D eigenvalue weighted by molar-refractivity contribution is 0.812. The van der Waals surface area contributed by atoms with Crippen molar-refractivity contribution in [1.29, 1.82) is 0 Å². The molecule has 422 valence electrons. The highest BCUT2D eigenvalue weighted by Crippen LogP contribution is 2.53. The first-order valence-corrected chi connectivity index (χ1v) is 31.9. The Bertz CT molecular complexity index is 4190. The lowest BCUT2D eigenvalue weighted by atomic mass is 9.32. The van der Waals surface area contributed by atoms with Gasteiger partial charge >= 0.3 is 0 Å². The van der Waals surface area contributed by atoms with Gasteiger partial charge in [-0.1, -0.05) is 276 Å². The van der Waals surface area contributed by atoms with Crippen LogP contribution in [0, 0.1) is 0 Å². The zero-order valence-corrected chi connectivity index (χ0v) is 52.3. The van der Waals surface area contributed by atoms with E-state index in [1.165, 1.54) is 143 Å². The maximum absolute atomic E-state index is 2.64. The van der Waals surface area contributed by atoms with Crippen molar-refractivity contribution in [2.45, 2.75) is 119 Å². The van der Waals surface area contributed by atoms with Gasteiger partial charge in [0, 0.05) is 55.7 Å². The normalized spacial score (nSPS) is 13.2. The van der Waals surface area contributed by atoms with Crippen LogP contribution in [0.5, 0.6) is 0 Å². The van der Waals surface area contributed by atoms with E-state index in [1.54, 1.807) is 0 Å². The van der Waals surface area contributed by atoms with Crippen LogP contribution in [0.15, 0.2) is 218 Å². The number of benzene rings is 12. The molecule has 0 saturated carbocycles. The van der Waals surface area contributed by atoms with Crippen LogP contribution in [0.2, 0.25) is 0 Å². The first-order valence-electron chi connectivity index (χ1n) is 31.9. The van der Waals surface area contributed by atoms with E-state index in [-0.39, 0.29) is 13.4 Å². The number of para-hydroxylation sites is 4. The molecule has 0 saturated heterocycles. The summed E-state index contributed by atoms with van der Waals surface area (Å²) in [5.41, 5.74) is 29.2. The predicted octanol–water partition coefficient (Wildman–Crippen LogP) is 19.3. The van der Waals surface area contributed by atoms with Crippen molar-refractivity contribution in [2.75, 3.05) is 9.80 Å². The third kappa shape index (κ3) is 8.67. The van der Waals surface area contributed by atoms with Crippen LogP contribution >= 0.6 is 0 Å². The molecular formula is C82H78B2N2. The molecule has 12 aromatic carbocycles. The molecule has 0 N–H and O–H groups in total. The standard InChI is InChI=1S/C82H78B2N2/c1-49(2)57-45-65(51(5)6)77(66(46-57)52(7)8)83-69-37-25-27-39-71(69)85(59-33-21-15-22-34-59)81-63-43-42-62-74(56-31-19-14-20-32-56)80-82(64-44-41-61(75(63)76(62)64)73(79(81)83)55-29-17-13-18-30-55)86(60-35-23-16-24-36-60)72-40-28-26-38-70(72)84(80)78-67(53(9)10)47-58(50(3)4)48-68(78)54(11)12/h13-54H,1-12H3. The average molecular weight is 1110 g/mol. The van der Waals surface area contributed by atoms with Crippen LogP contribution in [0.4, 0.5) is 34.1 Å². The van der Waals surface area contributed by atoms with Crippen molar-refractivity contribution in [3.05, 3.63) is 252 Å². The Morgan fingerprint density at radius 1 is 0.279 bits per heavy atom. The van der Waals surface area contributed by atoms with Crippen molar-refractivity contribution in [2.24, 2.45) is 0 Å². The van der Waals surface area contributed by atoms with Gasteiger partial charge in [-0.05, 0) is 160 Å². The summed E-state index contributed by atoms with van der Waals surface area (Å²) in [7, 11) is 0. The van der Waals surface area contributed by atoms with Crippen LogP contribution in [0.1, 0.15) is 152 Å². The van der Waals surface area contributed by atoms with Crippen LogP contribution in [-0.4, -0.2) is 13.4 Å². The molecule has 14 rings (SSSR count). The molecule has 0 fully saturated rings. The molecule has 2 aliphatic rings. The summed E-state index contributed by atoms with van der Waals surface area (Å²) in [6, 6.07) is 84.6. The maximum atomic E-state index is 2.64. The molecule has 12 aromatic rings. The van der Waals surface area contributed by atoms with Gasteiger partial charge < -0.3 is 9.80 Å². The molecule has 0 spiro atoms. The highest BCUT2D eigenvalue weighted by molar-refractivity contribution is 7.01. The minimum Gasteiger partial charge on any atom is -0.311 e. The number of hydrogen-bond acceptors (Lipinski definition) is 2. The Morgan fingerprint density at radius 3 is 0.884 bits per heavy atom. The van der Waals surface area contributed by atoms with Crippen molar-refractivity contribution < 1.29 is 0 Å². The number of hydrogen-bond donors (Lipinski definition) is 0. The summed E-state index contributed by atoms with van der Waals surface area (Å²) in [5, 5.41) is 7.69. The summed E-state index contributed by atoms with van der Waals surface area (Å²) < 4.78 is 0. The van der Waals surface area contributed by atoms with Gasteiger partial charge in [-0.15, -0.1) is 0 Å². The molecule has 0 unspecified atom stereocenters. The number of rotatable bonds is 12. The molecule has 2 nitrogen and oxygen atoms in total. The van der Waals surface area contributed by atoms with Gasteiger partial charge in [0.2, 0.25) is 13.4 Å². The van der Waals surface area contributed by atoms with E-state index in [2.05, 4.69) is 311 Å². The van der Waals surface area contributed by atoms with Crippen molar-refractivity contribution in [3.63, 3.8) is 0 Å². The van der Waals surface area contributed by atoms with Gasteiger partial charge in [-0.25, -0.2) is 0 Å². The third-order valence-electron chi connectivity index (χ3n) is 19.3. The summed E-state index contributed by atoms with van der Waals surface area (Å²) >= 11 is 0. The van der Waals surface area contributed by atoms with Gasteiger partial charge in [0.25, 0.3) is 0 Å². The summed E-state index contributed by atoms with van der Waals surface area (Å²) in [6.07, 6.45) is 0. The fourth-order valence-corrected chi connectivity index (χ4v) is 15.4. The fraction of sp³-hybridized carbons (Fsp3) is 0.220. The third-order valence-corrected chi connectivity index (χ3v) is 19.3. The average Bonchev–Trinajstić information content (AvgIpc) is 0.688.